The molecule has 2 amide bonds. The van der Waals surface area contributed by atoms with Gasteiger partial charge in [0.25, 0.3) is 5.91 Å². The number of morpholine rings is 1. The highest BCUT2D eigenvalue weighted by atomic mass is 16.5. The van der Waals surface area contributed by atoms with Crippen LogP contribution >= 0.6 is 0 Å². The first-order valence-corrected chi connectivity index (χ1v) is 8.27. The number of fused-ring (bicyclic) bond motifs is 1. The van der Waals surface area contributed by atoms with Gasteiger partial charge in [-0.05, 0) is 24.6 Å². The summed E-state index contributed by atoms with van der Waals surface area (Å²) in [6.45, 7) is 3.23. The van der Waals surface area contributed by atoms with Crippen molar-refractivity contribution in [1.29, 1.82) is 0 Å². The van der Waals surface area contributed by atoms with Crippen LogP contribution in [0.15, 0.2) is 41.3 Å². The van der Waals surface area contributed by atoms with Gasteiger partial charge in [0, 0.05) is 32.0 Å². The Morgan fingerprint density at radius 2 is 2.24 bits per heavy atom. The summed E-state index contributed by atoms with van der Waals surface area (Å²) in [5.74, 6) is 0.459. The number of aryl methyl sites for hydroxylation is 1. The molecular formula is C18H19N3O4. The smallest absolute Gasteiger partial charge is 0.257 e. The largest absolute Gasteiger partial charge is 0.469 e. The number of carbonyl (C=O) groups excluding carboxylic acids is 2. The molecule has 25 heavy (non-hydrogen) atoms. The van der Waals surface area contributed by atoms with Crippen LogP contribution in [0.25, 0.3) is 0 Å². The second-order valence-electron chi connectivity index (χ2n) is 6.40. The van der Waals surface area contributed by atoms with Gasteiger partial charge in [0.1, 0.15) is 12.4 Å². The second-order valence-corrected chi connectivity index (χ2v) is 6.40. The molecule has 7 nitrogen and oxygen atoms in total. The van der Waals surface area contributed by atoms with Crippen LogP contribution in [-0.2, 0) is 16.1 Å². The van der Waals surface area contributed by atoms with Crippen molar-refractivity contribution in [3.63, 3.8) is 0 Å². The molecule has 0 N–H and O–H groups in total. The van der Waals surface area contributed by atoms with Crippen LogP contribution in [0.3, 0.4) is 0 Å². The number of furan rings is 1. The second kappa shape index (κ2) is 6.33. The van der Waals surface area contributed by atoms with Crippen molar-refractivity contribution in [1.82, 2.24) is 14.8 Å². The number of hydrogen-bond acceptors (Lipinski definition) is 5. The summed E-state index contributed by atoms with van der Waals surface area (Å²) in [6.07, 6.45) is 4.81. The van der Waals surface area contributed by atoms with E-state index in [-0.39, 0.29) is 30.6 Å². The number of pyridine rings is 1. The number of amides is 2. The van der Waals surface area contributed by atoms with Crippen LogP contribution < -0.4 is 0 Å². The minimum absolute atomic E-state index is 0.0498. The highest BCUT2D eigenvalue weighted by Crippen LogP contribution is 2.27. The van der Waals surface area contributed by atoms with E-state index in [4.69, 9.17) is 9.15 Å². The van der Waals surface area contributed by atoms with E-state index in [1.165, 1.54) is 6.26 Å². The Kier molecular flexibility index (Phi) is 4.01. The molecule has 2 atom stereocenters. The number of nitrogens with zero attached hydrogens (tertiary/aromatic N) is 3. The SMILES string of the molecule is Cc1occc1C(=O)N1C[C@@H]2[C@@H](C1)OCC(=O)N2Cc1cccnc1. The van der Waals surface area contributed by atoms with Crippen molar-refractivity contribution in [2.45, 2.75) is 25.6 Å². The van der Waals surface area contributed by atoms with Crippen molar-refractivity contribution >= 4 is 11.8 Å². The number of carbonyl (C=O) groups is 2. The fourth-order valence-corrected chi connectivity index (χ4v) is 3.50. The third-order valence-electron chi connectivity index (χ3n) is 4.83. The molecule has 4 rings (SSSR count). The molecule has 7 heteroatoms. The standard InChI is InChI=1S/C18H19N3O4/c1-12-14(4-6-24-12)18(23)20-9-15-16(10-20)25-11-17(22)21(15)8-13-3-2-5-19-7-13/h2-7,15-16H,8-11H2,1H3/t15-,16-/m1/s1. The fourth-order valence-electron chi connectivity index (χ4n) is 3.50. The van der Waals surface area contributed by atoms with Gasteiger partial charge in [-0.15, -0.1) is 0 Å². The number of rotatable bonds is 3. The van der Waals surface area contributed by atoms with Crippen molar-refractivity contribution in [2.24, 2.45) is 0 Å². The minimum atomic E-state index is -0.162. The molecule has 0 aliphatic carbocycles. The molecule has 0 radical (unpaired) electrons. The van der Waals surface area contributed by atoms with Gasteiger partial charge < -0.3 is 19.0 Å². The topological polar surface area (TPSA) is 75.9 Å². The van der Waals surface area contributed by atoms with Gasteiger partial charge in [0.2, 0.25) is 5.91 Å². The van der Waals surface area contributed by atoms with Crippen LogP contribution in [0, 0.1) is 6.92 Å². The van der Waals surface area contributed by atoms with Crippen LogP contribution in [0.1, 0.15) is 21.7 Å². The predicted octanol–water partition coefficient (Wildman–Crippen LogP) is 1.24. The van der Waals surface area contributed by atoms with Crippen molar-refractivity contribution in [2.75, 3.05) is 19.7 Å². The summed E-state index contributed by atoms with van der Waals surface area (Å²) < 4.78 is 10.9. The summed E-state index contributed by atoms with van der Waals surface area (Å²) in [5, 5.41) is 0. The van der Waals surface area contributed by atoms with Gasteiger partial charge in [-0.25, -0.2) is 0 Å². The van der Waals surface area contributed by atoms with E-state index in [1.807, 2.05) is 12.1 Å². The van der Waals surface area contributed by atoms with Crippen LogP contribution in [0.4, 0.5) is 0 Å². The summed E-state index contributed by atoms with van der Waals surface area (Å²) in [7, 11) is 0. The summed E-state index contributed by atoms with van der Waals surface area (Å²) >= 11 is 0. The Morgan fingerprint density at radius 1 is 1.36 bits per heavy atom. The average molecular weight is 341 g/mol. The zero-order valence-corrected chi connectivity index (χ0v) is 13.9. The van der Waals surface area contributed by atoms with Crippen LogP contribution in [-0.4, -0.2) is 58.4 Å². The first-order chi connectivity index (χ1) is 12.1. The van der Waals surface area contributed by atoms with Crippen LogP contribution in [0.5, 0.6) is 0 Å². The maximum absolute atomic E-state index is 12.7. The third kappa shape index (κ3) is 2.91. The Balaban J connectivity index is 1.53. The Labute approximate surface area is 145 Å². The Morgan fingerprint density at radius 3 is 2.96 bits per heavy atom. The highest BCUT2D eigenvalue weighted by Gasteiger charge is 2.44. The van der Waals surface area contributed by atoms with E-state index < -0.39 is 0 Å². The third-order valence-corrected chi connectivity index (χ3v) is 4.83. The lowest BCUT2D eigenvalue weighted by Gasteiger charge is -2.36. The van der Waals surface area contributed by atoms with Gasteiger partial charge in [0.15, 0.2) is 0 Å². The molecule has 2 saturated heterocycles. The molecular weight excluding hydrogens is 322 g/mol. The zero-order chi connectivity index (χ0) is 17.4. The molecule has 2 aliphatic heterocycles. The molecule has 2 aliphatic rings. The lowest BCUT2D eigenvalue weighted by atomic mass is 10.1. The van der Waals surface area contributed by atoms with Gasteiger partial charge in [-0.1, -0.05) is 6.07 Å². The molecule has 0 spiro atoms. The van der Waals surface area contributed by atoms with Gasteiger partial charge >= 0.3 is 0 Å². The predicted molar refractivity (Wildman–Crippen MR) is 87.7 cm³/mol. The van der Waals surface area contributed by atoms with E-state index in [1.54, 1.807) is 35.2 Å². The van der Waals surface area contributed by atoms with Gasteiger partial charge in [-0.2, -0.15) is 0 Å². The molecule has 2 aromatic heterocycles. The minimum Gasteiger partial charge on any atom is -0.469 e. The Bertz CT molecular complexity index is 789. The molecule has 4 heterocycles. The number of aromatic nitrogens is 1. The van der Waals surface area contributed by atoms with Crippen molar-refractivity contribution in [3.05, 3.63) is 53.7 Å². The molecule has 2 aromatic rings. The maximum Gasteiger partial charge on any atom is 0.257 e. The molecule has 0 unspecified atom stereocenters. The summed E-state index contributed by atoms with van der Waals surface area (Å²) in [5.41, 5.74) is 1.52. The number of likely N-dealkylation sites (tertiary alicyclic amines) is 1. The van der Waals surface area contributed by atoms with Crippen LogP contribution in [0.2, 0.25) is 0 Å². The van der Waals surface area contributed by atoms with Gasteiger partial charge in [0.05, 0.1) is 24.0 Å². The van der Waals surface area contributed by atoms with Crippen molar-refractivity contribution < 1.29 is 18.7 Å². The van der Waals surface area contributed by atoms with E-state index in [2.05, 4.69) is 4.98 Å². The first kappa shape index (κ1) is 15.8. The fraction of sp³-hybridized carbons (Fsp3) is 0.389. The van der Waals surface area contributed by atoms with E-state index in [0.717, 1.165) is 5.56 Å². The van der Waals surface area contributed by atoms with Gasteiger partial charge in [-0.3, -0.25) is 14.6 Å². The monoisotopic (exact) mass is 341 g/mol. The average Bonchev–Trinajstić information content (AvgIpc) is 3.24. The zero-order valence-electron chi connectivity index (χ0n) is 13.9. The lowest BCUT2D eigenvalue weighted by Crippen LogP contribution is -2.53. The van der Waals surface area contributed by atoms with E-state index in [9.17, 15) is 9.59 Å². The molecule has 0 aromatic carbocycles. The van der Waals surface area contributed by atoms with Crippen molar-refractivity contribution in [3.8, 4) is 0 Å². The molecule has 130 valence electrons. The summed E-state index contributed by atoms with van der Waals surface area (Å²) in [6, 6.07) is 5.33. The van der Waals surface area contributed by atoms with E-state index >= 15 is 0 Å². The molecule has 0 saturated carbocycles. The number of ether oxygens (including phenoxy) is 1. The molecule has 2 fully saturated rings. The maximum atomic E-state index is 12.7. The first-order valence-electron chi connectivity index (χ1n) is 8.27. The number of hydrogen-bond donors (Lipinski definition) is 0. The Hall–Kier alpha value is -2.67. The normalized spacial score (nSPS) is 23.0. The quantitative estimate of drug-likeness (QED) is 0.839. The molecule has 0 bridgehead atoms. The highest BCUT2D eigenvalue weighted by molar-refractivity contribution is 5.95. The van der Waals surface area contributed by atoms with E-state index in [0.29, 0.717) is 31.0 Å². The lowest BCUT2D eigenvalue weighted by molar-refractivity contribution is -0.153. The summed E-state index contributed by atoms with van der Waals surface area (Å²) in [4.78, 5) is 32.7.